The predicted molar refractivity (Wildman–Crippen MR) is 124 cm³/mol. The largest absolute Gasteiger partial charge is 0.0843 e. The van der Waals surface area contributed by atoms with E-state index in [1.54, 1.807) is 0 Å². The fourth-order valence-electron chi connectivity index (χ4n) is 4.54. The van der Waals surface area contributed by atoms with Crippen molar-refractivity contribution in [3.8, 4) is 44.5 Å². The molecule has 0 saturated heterocycles. The quantitative estimate of drug-likeness (QED) is 0.279. The summed E-state index contributed by atoms with van der Waals surface area (Å²) in [6.45, 7) is 0. The molecule has 6 rings (SSSR count). The lowest BCUT2D eigenvalue weighted by atomic mass is 9.93. The van der Waals surface area contributed by atoms with Crippen molar-refractivity contribution in [1.82, 2.24) is 0 Å². The molecule has 5 aromatic carbocycles. The summed E-state index contributed by atoms with van der Waals surface area (Å²) in [5.74, 6) is 0. The van der Waals surface area contributed by atoms with E-state index in [4.69, 9.17) is 11.6 Å². The second-order valence-electron chi connectivity index (χ2n) is 7.52. The third-order valence-corrected chi connectivity index (χ3v) is 6.17. The zero-order chi connectivity index (χ0) is 19.4. The van der Waals surface area contributed by atoms with Gasteiger partial charge in [-0.2, -0.15) is 0 Å². The third-order valence-electron chi connectivity index (χ3n) is 5.92. The van der Waals surface area contributed by atoms with Crippen LogP contribution in [-0.4, -0.2) is 0 Å². The summed E-state index contributed by atoms with van der Waals surface area (Å²) in [6.07, 6.45) is 0. The highest BCUT2D eigenvalue weighted by Crippen LogP contribution is 2.49. The van der Waals surface area contributed by atoms with Crippen molar-refractivity contribution in [1.29, 1.82) is 0 Å². The minimum Gasteiger partial charge on any atom is -0.0843 e. The highest BCUT2D eigenvalue weighted by atomic mass is 35.5. The molecule has 0 spiro atoms. The van der Waals surface area contributed by atoms with E-state index in [1.807, 2.05) is 12.1 Å². The fourth-order valence-corrected chi connectivity index (χ4v) is 4.67. The van der Waals surface area contributed by atoms with Crippen LogP contribution in [0.25, 0.3) is 55.3 Å². The minimum absolute atomic E-state index is 0.763. The topological polar surface area (TPSA) is 0 Å². The predicted octanol–water partition coefficient (Wildman–Crippen LogP) is 8.47. The SMILES string of the molecule is Clc1ccc(-c2ccc(-c3ccc4c5c(cccc35)-c3ccccc3-4)cc2)cc1. The monoisotopic (exact) mass is 388 g/mol. The molecular weight excluding hydrogens is 372 g/mol. The van der Waals surface area contributed by atoms with Gasteiger partial charge in [0, 0.05) is 5.02 Å². The van der Waals surface area contributed by atoms with Gasteiger partial charge in [-0.05, 0) is 67.4 Å². The van der Waals surface area contributed by atoms with Crippen molar-refractivity contribution in [2.45, 2.75) is 0 Å². The summed E-state index contributed by atoms with van der Waals surface area (Å²) < 4.78 is 0. The normalized spacial score (nSPS) is 11.6. The highest BCUT2D eigenvalue weighted by molar-refractivity contribution is 6.30. The summed E-state index contributed by atoms with van der Waals surface area (Å²) >= 11 is 6.02. The smallest absolute Gasteiger partial charge is 0.0406 e. The third kappa shape index (κ3) is 2.53. The zero-order valence-corrected chi connectivity index (χ0v) is 16.4. The average Bonchev–Trinajstić information content (AvgIpc) is 3.11. The Balaban J connectivity index is 1.50. The Labute approximate surface area is 175 Å². The Morgan fingerprint density at radius 2 is 0.897 bits per heavy atom. The van der Waals surface area contributed by atoms with Crippen molar-refractivity contribution in [2.75, 3.05) is 0 Å². The lowest BCUT2D eigenvalue weighted by molar-refractivity contribution is 1.60. The van der Waals surface area contributed by atoms with E-state index in [1.165, 1.54) is 55.3 Å². The minimum atomic E-state index is 0.763. The van der Waals surface area contributed by atoms with Gasteiger partial charge in [-0.1, -0.05) is 103 Å². The van der Waals surface area contributed by atoms with Crippen LogP contribution >= 0.6 is 11.6 Å². The van der Waals surface area contributed by atoms with Gasteiger partial charge in [0.25, 0.3) is 0 Å². The second-order valence-corrected chi connectivity index (χ2v) is 7.96. The molecule has 0 unspecified atom stereocenters. The Morgan fingerprint density at radius 3 is 1.59 bits per heavy atom. The molecule has 1 heteroatoms. The summed E-state index contributed by atoms with van der Waals surface area (Å²) in [5.41, 5.74) is 10.2. The second kappa shape index (κ2) is 6.34. The van der Waals surface area contributed by atoms with Crippen molar-refractivity contribution in [2.24, 2.45) is 0 Å². The van der Waals surface area contributed by atoms with Crippen LogP contribution in [-0.2, 0) is 0 Å². The van der Waals surface area contributed by atoms with Crippen LogP contribution in [0.3, 0.4) is 0 Å². The van der Waals surface area contributed by atoms with Crippen molar-refractivity contribution in [3.05, 3.63) is 108 Å². The molecule has 0 N–H and O–H groups in total. The highest BCUT2D eigenvalue weighted by Gasteiger charge is 2.21. The molecule has 0 bridgehead atoms. The van der Waals surface area contributed by atoms with E-state index in [9.17, 15) is 0 Å². The molecule has 0 fully saturated rings. The molecular formula is C28H17Cl. The van der Waals surface area contributed by atoms with Crippen LogP contribution in [0.15, 0.2) is 103 Å². The van der Waals surface area contributed by atoms with Crippen molar-refractivity contribution < 1.29 is 0 Å². The fraction of sp³-hybridized carbons (Fsp3) is 0. The number of fused-ring (bicyclic) bond motifs is 3. The molecule has 0 aromatic heterocycles. The first-order chi connectivity index (χ1) is 14.3. The van der Waals surface area contributed by atoms with Crippen LogP contribution < -0.4 is 0 Å². The van der Waals surface area contributed by atoms with Crippen LogP contribution in [0, 0.1) is 0 Å². The standard InChI is InChI=1S/C28H17Cl/c29-21-14-12-19(13-15-21)18-8-10-20(11-9-18)22-16-17-27-24-5-2-1-4-23(24)26-7-3-6-25(22)28(26)27/h1-17H. The van der Waals surface area contributed by atoms with E-state index in [-0.39, 0.29) is 0 Å². The van der Waals surface area contributed by atoms with E-state index in [0.717, 1.165) is 5.02 Å². The Morgan fingerprint density at radius 1 is 0.379 bits per heavy atom. The number of halogens is 1. The number of hydrogen-bond acceptors (Lipinski definition) is 0. The number of hydrogen-bond donors (Lipinski definition) is 0. The van der Waals surface area contributed by atoms with Crippen molar-refractivity contribution in [3.63, 3.8) is 0 Å². The first-order valence-corrected chi connectivity index (χ1v) is 10.2. The molecule has 136 valence electrons. The Hall–Kier alpha value is -3.35. The summed E-state index contributed by atoms with van der Waals surface area (Å²) in [6, 6.07) is 36.7. The number of benzene rings is 5. The molecule has 0 radical (unpaired) electrons. The lowest BCUT2D eigenvalue weighted by Gasteiger charge is -2.10. The molecule has 5 aromatic rings. The van der Waals surface area contributed by atoms with E-state index in [2.05, 4.69) is 91.0 Å². The molecule has 29 heavy (non-hydrogen) atoms. The summed E-state index contributed by atoms with van der Waals surface area (Å²) in [5, 5.41) is 3.45. The van der Waals surface area contributed by atoms with E-state index < -0.39 is 0 Å². The van der Waals surface area contributed by atoms with Gasteiger partial charge in [-0.3, -0.25) is 0 Å². The first-order valence-electron chi connectivity index (χ1n) is 9.81. The molecule has 0 amide bonds. The maximum atomic E-state index is 6.02. The number of rotatable bonds is 2. The maximum Gasteiger partial charge on any atom is 0.0406 e. The molecule has 1 aliphatic carbocycles. The van der Waals surface area contributed by atoms with Gasteiger partial charge in [-0.25, -0.2) is 0 Å². The lowest BCUT2D eigenvalue weighted by Crippen LogP contribution is -1.84. The van der Waals surface area contributed by atoms with Gasteiger partial charge in [-0.15, -0.1) is 0 Å². The average molecular weight is 389 g/mol. The first kappa shape index (κ1) is 16.6. The van der Waals surface area contributed by atoms with Gasteiger partial charge in [0.2, 0.25) is 0 Å². The molecule has 0 aliphatic heterocycles. The molecule has 1 aliphatic rings. The van der Waals surface area contributed by atoms with Gasteiger partial charge in [0.15, 0.2) is 0 Å². The van der Waals surface area contributed by atoms with Crippen LogP contribution in [0.2, 0.25) is 5.02 Å². The molecule has 0 atom stereocenters. The Kier molecular flexibility index (Phi) is 3.62. The van der Waals surface area contributed by atoms with E-state index >= 15 is 0 Å². The molecule has 0 heterocycles. The van der Waals surface area contributed by atoms with Crippen LogP contribution in [0.4, 0.5) is 0 Å². The molecule has 0 nitrogen and oxygen atoms in total. The Bertz CT molecular complexity index is 1350. The van der Waals surface area contributed by atoms with Crippen LogP contribution in [0.1, 0.15) is 0 Å². The van der Waals surface area contributed by atoms with E-state index in [0.29, 0.717) is 0 Å². The van der Waals surface area contributed by atoms with Gasteiger partial charge in [0.1, 0.15) is 0 Å². The summed E-state index contributed by atoms with van der Waals surface area (Å²) in [4.78, 5) is 0. The zero-order valence-electron chi connectivity index (χ0n) is 15.7. The van der Waals surface area contributed by atoms with Crippen molar-refractivity contribution >= 4 is 22.4 Å². The van der Waals surface area contributed by atoms with Gasteiger partial charge in [0.05, 0.1) is 0 Å². The van der Waals surface area contributed by atoms with Crippen LogP contribution in [0.5, 0.6) is 0 Å². The molecule has 0 saturated carbocycles. The van der Waals surface area contributed by atoms with Gasteiger partial charge >= 0.3 is 0 Å². The summed E-state index contributed by atoms with van der Waals surface area (Å²) in [7, 11) is 0. The maximum absolute atomic E-state index is 6.02. The van der Waals surface area contributed by atoms with Gasteiger partial charge < -0.3 is 0 Å².